The third-order valence-corrected chi connectivity index (χ3v) is 3.20. The molecule has 3 heteroatoms. The van der Waals surface area contributed by atoms with Gasteiger partial charge in [0.2, 0.25) is 0 Å². The fraction of sp³-hybridized carbons (Fsp3) is 0. The molecule has 0 saturated carbocycles. The highest BCUT2D eigenvalue weighted by molar-refractivity contribution is 6.42. The summed E-state index contributed by atoms with van der Waals surface area (Å²) in [4.78, 5) is 0. The standard InChI is InChI=1S/C15H9Cl2N/c16-14-7-6-12(9-15(14)17)13(10-18)8-11-4-2-1-3-5-11/h1-9H/b13-8-. The Hall–Kier alpha value is -1.75. The van der Waals surface area contributed by atoms with E-state index in [1.54, 1.807) is 18.2 Å². The van der Waals surface area contributed by atoms with Gasteiger partial charge in [0.1, 0.15) is 0 Å². The van der Waals surface area contributed by atoms with Crippen LogP contribution in [0.2, 0.25) is 10.0 Å². The molecule has 0 bridgehead atoms. The van der Waals surface area contributed by atoms with Crippen LogP contribution in [-0.2, 0) is 0 Å². The van der Waals surface area contributed by atoms with Crippen molar-refractivity contribution in [3.63, 3.8) is 0 Å². The van der Waals surface area contributed by atoms with Crippen LogP contribution < -0.4 is 0 Å². The molecule has 0 aliphatic heterocycles. The van der Waals surface area contributed by atoms with E-state index in [1.165, 1.54) is 0 Å². The van der Waals surface area contributed by atoms with Gasteiger partial charge in [-0.3, -0.25) is 0 Å². The van der Waals surface area contributed by atoms with Gasteiger partial charge < -0.3 is 0 Å². The molecule has 2 aromatic rings. The summed E-state index contributed by atoms with van der Waals surface area (Å²) in [6, 6.07) is 17.0. The molecule has 2 rings (SSSR count). The Labute approximate surface area is 116 Å². The maximum absolute atomic E-state index is 9.21. The molecule has 0 saturated heterocycles. The van der Waals surface area contributed by atoms with E-state index in [0.717, 1.165) is 11.1 Å². The molecule has 0 aromatic heterocycles. The molecule has 2 aromatic carbocycles. The van der Waals surface area contributed by atoms with Gasteiger partial charge in [-0.05, 0) is 29.3 Å². The van der Waals surface area contributed by atoms with Crippen molar-refractivity contribution in [2.24, 2.45) is 0 Å². The van der Waals surface area contributed by atoms with Crippen molar-refractivity contribution < 1.29 is 0 Å². The van der Waals surface area contributed by atoms with Crippen molar-refractivity contribution in [2.75, 3.05) is 0 Å². The molecule has 0 aliphatic carbocycles. The van der Waals surface area contributed by atoms with Crippen LogP contribution in [0.5, 0.6) is 0 Å². The molecule has 0 N–H and O–H groups in total. The summed E-state index contributed by atoms with van der Waals surface area (Å²) in [7, 11) is 0. The third kappa shape index (κ3) is 2.92. The zero-order valence-electron chi connectivity index (χ0n) is 9.40. The number of allylic oxidation sites excluding steroid dienone is 1. The average molecular weight is 274 g/mol. The second-order valence-electron chi connectivity index (χ2n) is 3.71. The lowest BCUT2D eigenvalue weighted by Crippen LogP contribution is -1.82. The average Bonchev–Trinajstić information content (AvgIpc) is 2.40. The molecule has 0 spiro atoms. The van der Waals surface area contributed by atoms with Gasteiger partial charge in [-0.25, -0.2) is 0 Å². The summed E-state index contributed by atoms with van der Waals surface area (Å²) >= 11 is 11.8. The predicted octanol–water partition coefficient (Wildman–Crippen LogP) is 5.06. The van der Waals surface area contributed by atoms with Gasteiger partial charge in [-0.2, -0.15) is 5.26 Å². The van der Waals surface area contributed by atoms with Gasteiger partial charge in [-0.15, -0.1) is 0 Å². The number of halogens is 2. The predicted molar refractivity (Wildman–Crippen MR) is 76.4 cm³/mol. The number of hydrogen-bond acceptors (Lipinski definition) is 1. The second kappa shape index (κ2) is 5.73. The summed E-state index contributed by atoms with van der Waals surface area (Å²) < 4.78 is 0. The van der Waals surface area contributed by atoms with Crippen LogP contribution in [0.15, 0.2) is 48.5 Å². The van der Waals surface area contributed by atoms with Crippen LogP contribution in [0.3, 0.4) is 0 Å². The lowest BCUT2D eigenvalue weighted by Gasteiger charge is -2.02. The number of hydrogen-bond donors (Lipinski definition) is 0. The van der Waals surface area contributed by atoms with Gasteiger partial charge in [0.05, 0.1) is 21.7 Å². The maximum atomic E-state index is 9.21. The normalized spacial score (nSPS) is 11.1. The lowest BCUT2D eigenvalue weighted by molar-refractivity contribution is 1.52. The minimum absolute atomic E-state index is 0.448. The van der Waals surface area contributed by atoms with Gasteiger partial charge in [-0.1, -0.05) is 59.6 Å². The van der Waals surface area contributed by atoms with E-state index in [-0.39, 0.29) is 0 Å². The Morgan fingerprint density at radius 1 is 1.00 bits per heavy atom. The highest BCUT2D eigenvalue weighted by Gasteiger charge is 2.04. The number of nitriles is 1. The molecule has 18 heavy (non-hydrogen) atoms. The molecule has 1 nitrogen and oxygen atoms in total. The van der Waals surface area contributed by atoms with E-state index in [9.17, 15) is 5.26 Å². The van der Waals surface area contributed by atoms with Crippen LogP contribution in [-0.4, -0.2) is 0 Å². The van der Waals surface area contributed by atoms with Gasteiger partial charge in [0, 0.05) is 0 Å². The van der Waals surface area contributed by atoms with Crippen LogP contribution in [0.4, 0.5) is 0 Å². The topological polar surface area (TPSA) is 23.8 Å². The quantitative estimate of drug-likeness (QED) is 0.554. The first-order chi connectivity index (χ1) is 8.70. The largest absolute Gasteiger partial charge is 0.192 e. The summed E-state index contributed by atoms with van der Waals surface area (Å²) in [5.41, 5.74) is 2.29. The Morgan fingerprint density at radius 2 is 1.72 bits per heavy atom. The number of rotatable bonds is 2. The molecule has 0 amide bonds. The molecule has 88 valence electrons. The van der Waals surface area contributed by atoms with Crippen LogP contribution in [0.1, 0.15) is 11.1 Å². The fourth-order valence-corrected chi connectivity index (χ4v) is 1.86. The van der Waals surface area contributed by atoms with E-state index in [0.29, 0.717) is 15.6 Å². The van der Waals surface area contributed by atoms with Crippen LogP contribution in [0.25, 0.3) is 11.6 Å². The highest BCUT2D eigenvalue weighted by atomic mass is 35.5. The van der Waals surface area contributed by atoms with Gasteiger partial charge >= 0.3 is 0 Å². The molecular formula is C15H9Cl2N. The Kier molecular flexibility index (Phi) is 4.04. The number of nitrogens with zero attached hydrogens (tertiary/aromatic N) is 1. The summed E-state index contributed by atoms with van der Waals surface area (Å²) in [6.07, 6.45) is 1.82. The number of benzene rings is 2. The molecule has 0 unspecified atom stereocenters. The first kappa shape index (κ1) is 12.7. The minimum Gasteiger partial charge on any atom is -0.192 e. The van der Waals surface area contributed by atoms with E-state index in [2.05, 4.69) is 6.07 Å². The Morgan fingerprint density at radius 3 is 2.33 bits per heavy atom. The smallest absolute Gasteiger partial charge is 0.0998 e. The third-order valence-electron chi connectivity index (χ3n) is 2.46. The Balaban J connectivity index is 2.43. The molecule has 0 atom stereocenters. The zero-order valence-corrected chi connectivity index (χ0v) is 10.9. The minimum atomic E-state index is 0.448. The van der Waals surface area contributed by atoms with Crippen molar-refractivity contribution in [2.45, 2.75) is 0 Å². The highest BCUT2D eigenvalue weighted by Crippen LogP contribution is 2.26. The van der Waals surface area contributed by atoms with E-state index in [1.807, 2.05) is 36.4 Å². The van der Waals surface area contributed by atoms with E-state index < -0.39 is 0 Å². The van der Waals surface area contributed by atoms with Crippen molar-refractivity contribution in [1.29, 1.82) is 5.26 Å². The summed E-state index contributed by atoms with van der Waals surface area (Å²) in [6.45, 7) is 0. The van der Waals surface area contributed by atoms with E-state index >= 15 is 0 Å². The van der Waals surface area contributed by atoms with E-state index in [4.69, 9.17) is 23.2 Å². The van der Waals surface area contributed by atoms with Crippen LogP contribution >= 0.6 is 23.2 Å². The first-order valence-corrected chi connectivity index (χ1v) is 6.08. The molecular weight excluding hydrogens is 265 g/mol. The van der Waals surface area contributed by atoms with Crippen molar-refractivity contribution in [1.82, 2.24) is 0 Å². The summed E-state index contributed by atoms with van der Waals surface area (Å²) in [5, 5.41) is 10.1. The molecule has 0 heterocycles. The maximum Gasteiger partial charge on any atom is 0.0998 e. The fourth-order valence-electron chi connectivity index (χ4n) is 1.56. The summed E-state index contributed by atoms with van der Waals surface area (Å²) in [5.74, 6) is 0. The first-order valence-electron chi connectivity index (χ1n) is 5.33. The molecule has 0 radical (unpaired) electrons. The monoisotopic (exact) mass is 273 g/mol. The SMILES string of the molecule is N#C/C(=C/c1ccccc1)c1ccc(Cl)c(Cl)c1. The van der Waals surface area contributed by atoms with Crippen molar-refractivity contribution in [3.8, 4) is 6.07 Å². The van der Waals surface area contributed by atoms with Gasteiger partial charge in [0.25, 0.3) is 0 Å². The van der Waals surface area contributed by atoms with Crippen molar-refractivity contribution in [3.05, 3.63) is 69.7 Å². The van der Waals surface area contributed by atoms with Crippen molar-refractivity contribution >= 4 is 34.9 Å². The lowest BCUT2D eigenvalue weighted by atomic mass is 10.0. The van der Waals surface area contributed by atoms with Crippen LogP contribution in [0, 0.1) is 11.3 Å². The molecule has 0 aliphatic rings. The Bertz CT molecular complexity index is 625. The second-order valence-corrected chi connectivity index (χ2v) is 4.52. The van der Waals surface area contributed by atoms with Gasteiger partial charge in [0.15, 0.2) is 0 Å². The molecule has 0 fully saturated rings. The zero-order chi connectivity index (χ0) is 13.0.